The molecule has 1 aromatic carbocycles. The summed E-state index contributed by atoms with van der Waals surface area (Å²) >= 11 is 0. The Hall–Kier alpha value is -1.77. The Morgan fingerprint density at radius 2 is 2.12 bits per heavy atom. The van der Waals surface area contributed by atoms with E-state index < -0.39 is 0 Å². The first kappa shape index (κ1) is 11.7. The van der Waals surface area contributed by atoms with Crippen LogP contribution in [0.3, 0.4) is 0 Å². The molecule has 0 aliphatic rings. The number of nitrogen functional groups attached to an aromatic ring is 1. The predicted octanol–water partition coefficient (Wildman–Crippen LogP) is 3.42. The van der Waals surface area contributed by atoms with Crippen molar-refractivity contribution in [3.8, 4) is 0 Å². The number of fused-ring (bicyclic) bond motifs is 1. The Kier molecular flexibility index (Phi) is 3.47. The SMILES string of the molecule is CCCC(C)Nc1c(N)cnc2ccccc12. The van der Waals surface area contributed by atoms with Crippen LogP contribution < -0.4 is 11.1 Å². The van der Waals surface area contributed by atoms with Crippen molar-refractivity contribution in [3.05, 3.63) is 30.5 Å². The summed E-state index contributed by atoms with van der Waals surface area (Å²) in [4.78, 5) is 4.33. The number of rotatable bonds is 4. The maximum atomic E-state index is 6.01. The molecule has 3 nitrogen and oxygen atoms in total. The Balaban J connectivity index is 2.40. The lowest BCUT2D eigenvalue weighted by Crippen LogP contribution is -2.16. The molecule has 0 saturated carbocycles. The zero-order valence-electron chi connectivity index (χ0n) is 10.4. The summed E-state index contributed by atoms with van der Waals surface area (Å²) in [5.74, 6) is 0. The molecule has 1 unspecified atom stereocenters. The molecule has 0 spiro atoms. The standard InChI is InChI=1S/C14H19N3/c1-3-6-10(2)17-14-11-7-4-5-8-13(11)16-9-12(14)15/h4-5,7-10H,3,6,15H2,1-2H3,(H,16,17). The molecule has 1 aromatic heterocycles. The van der Waals surface area contributed by atoms with Gasteiger partial charge in [-0.05, 0) is 19.4 Å². The van der Waals surface area contributed by atoms with Crippen LogP contribution in [0.25, 0.3) is 10.9 Å². The third kappa shape index (κ3) is 2.49. The van der Waals surface area contributed by atoms with Crippen molar-refractivity contribution in [1.29, 1.82) is 0 Å². The van der Waals surface area contributed by atoms with Crippen molar-refractivity contribution in [2.45, 2.75) is 32.7 Å². The molecular formula is C14H19N3. The summed E-state index contributed by atoms with van der Waals surface area (Å²) in [5, 5.41) is 4.58. The molecule has 17 heavy (non-hydrogen) atoms. The first-order chi connectivity index (χ1) is 8.22. The molecule has 1 heterocycles. The molecule has 0 amide bonds. The molecule has 1 atom stereocenters. The van der Waals surface area contributed by atoms with Crippen molar-refractivity contribution < 1.29 is 0 Å². The van der Waals surface area contributed by atoms with Gasteiger partial charge in [0, 0.05) is 11.4 Å². The normalized spacial score (nSPS) is 12.6. The zero-order chi connectivity index (χ0) is 12.3. The van der Waals surface area contributed by atoms with Crippen molar-refractivity contribution in [3.63, 3.8) is 0 Å². The van der Waals surface area contributed by atoms with Crippen molar-refractivity contribution in [1.82, 2.24) is 4.98 Å². The molecule has 2 aromatic rings. The van der Waals surface area contributed by atoms with E-state index in [1.54, 1.807) is 6.20 Å². The van der Waals surface area contributed by atoms with Crippen LogP contribution in [0, 0.1) is 0 Å². The summed E-state index contributed by atoms with van der Waals surface area (Å²) in [6.45, 7) is 4.37. The van der Waals surface area contributed by atoms with Gasteiger partial charge in [-0.2, -0.15) is 0 Å². The number of hydrogen-bond acceptors (Lipinski definition) is 3. The molecule has 0 saturated heterocycles. The summed E-state index contributed by atoms with van der Waals surface area (Å²) in [6, 6.07) is 8.49. The van der Waals surface area contributed by atoms with Crippen LogP contribution in [0.5, 0.6) is 0 Å². The van der Waals surface area contributed by atoms with E-state index in [1.165, 1.54) is 0 Å². The van der Waals surface area contributed by atoms with E-state index in [9.17, 15) is 0 Å². The van der Waals surface area contributed by atoms with Gasteiger partial charge < -0.3 is 11.1 Å². The lowest BCUT2D eigenvalue weighted by atomic mass is 10.1. The molecular weight excluding hydrogens is 210 g/mol. The van der Waals surface area contributed by atoms with Gasteiger partial charge in [0.25, 0.3) is 0 Å². The average molecular weight is 229 g/mol. The third-order valence-electron chi connectivity index (χ3n) is 2.92. The van der Waals surface area contributed by atoms with E-state index in [2.05, 4.69) is 30.2 Å². The summed E-state index contributed by atoms with van der Waals surface area (Å²) in [5.41, 5.74) is 8.71. The van der Waals surface area contributed by atoms with Gasteiger partial charge in [0.2, 0.25) is 0 Å². The van der Waals surface area contributed by atoms with Gasteiger partial charge in [0.1, 0.15) is 0 Å². The zero-order valence-corrected chi connectivity index (χ0v) is 10.4. The summed E-state index contributed by atoms with van der Waals surface area (Å²) in [6.07, 6.45) is 4.02. The van der Waals surface area contributed by atoms with Crippen LogP contribution >= 0.6 is 0 Å². The fourth-order valence-corrected chi connectivity index (χ4v) is 2.07. The number of para-hydroxylation sites is 1. The van der Waals surface area contributed by atoms with Crippen molar-refractivity contribution in [2.24, 2.45) is 0 Å². The fourth-order valence-electron chi connectivity index (χ4n) is 2.07. The lowest BCUT2D eigenvalue weighted by Gasteiger charge is -2.17. The quantitative estimate of drug-likeness (QED) is 0.844. The van der Waals surface area contributed by atoms with E-state index in [4.69, 9.17) is 5.73 Å². The van der Waals surface area contributed by atoms with Gasteiger partial charge in [-0.15, -0.1) is 0 Å². The minimum absolute atomic E-state index is 0.424. The molecule has 3 heteroatoms. The monoisotopic (exact) mass is 229 g/mol. The van der Waals surface area contributed by atoms with Crippen molar-refractivity contribution in [2.75, 3.05) is 11.1 Å². The predicted molar refractivity (Wildman–Crippen MR) is 74.1 cm³/mol. The van der Waals surface area contributed by atoms with E-state index in [0.29, 0.717) is 11.7 Å². The number of anilines is 2. The Morgan fingerprint density at radius 1 is 1.35 bits per heavy atom. The number of hydrogen-bond donors (Lipinski definition) is 2. The first-order valence-corrected chi connectivity index (χ1v) is 6.12. The van der Waals surface area contributed by atoms with E-state index in [0.717, 1.165) is 29.4 Å². The van der Waals surface area contributed by atoms with Crippen LogP contribution in [0.2, 0.25) is 0 Å². The number of nitrogens with one attached hydrogen (secondary N) is 1. The second-order valence-electron chi connectivity index (χ2n) is 4.44. The molecule has 0 aliphatic carbocycles. The van der Waals surface area contributed by atoms with Gasteiger partial charge in [-0.25, -0.2) is 0 Å². The smallest absolute Gasteiger partial charge is 0.0743 e. The van der Waals surface area contributed by atoms with Crippen molar-refractivity contribution >= 4 is 22.3 Å². The Labute approximate surface area is 102 Å². The van der Waals surface area contributed by atoms with E-state index in [1.807, 2.05) is 18.2 Å². The van der Waals surface area contributed by atoms with Gasteiger partial charge in [0.05, 0.1) is 23.1 Å². The maximum Gasteiger partial charge on any atom is 0.0743 e. The van der Waals surface area contributed by atoms with Gasteiger partial charge in [-0.3, -0.25) is 4.98 Å². The first-order valence-electron chi connectivity index (χ1n) is 6.12. The van der Waals surface area contributed by atoms with Crippen LogP contribution in [0.1, 0.15) is 26.7 Å². The second kappa shape index (κ2) is 5.04. The molecule has 0 bridgehead atoms. The summed E-state index contributed by atoms with van der Waals surface area (Å²) < 4.78 is 0. The fraction of sp³-hybridized carbons (Fsp3) is 0.357. The van der Waals surface area contributed by atoms with Crippen LogP contribution in [-0.2, 0) is 0 Å². The highest BCUT2D eigenvalue weighted by atomic mass is 14.9. The van der Waals surface area contributed by atoms with E-state index >= 15 is 0 Å². The summed E-state index contributed by atoms with van der Waals surface area (Å²) in [7, 11) is 0. The molecule has 3 N–H and O–H groups in total. The Morgan fingerprint density at radius 3 is 2.88 bits per heavy atom. The largest absolute Gasteiger partial charge is 0.396 e. The van der Waals surface area contributed by atoms with Gasteiger partial charge in [0.15, 0.2) is 0 Å². The third-order valence-corrected chi connectivity index (χ3v) is 2.92. The lowest BCUT2D eigenvalue weighted by molar-refractivity contribution is 0.691. The topological polar surface area (TPSA) is 50.9 Å². The minimum atomic E-state index is 0.424. The number of benzene rings is 1. The van der Waals surface area contributed by atoms with Crippen LogP contribution in [0.15, 0.2) is 30.5 Å². The Bertz CT molecular complexity index is 508. The van der Waals surface area contributed by atoms with Gasteiger partial charge >= 0.3 is 0 Å². The second-order valence-corrected chi connectivity index (χ2v) is 4.44. The molecule has 2 rings (SSSR count). The average Bonchev–Trinajstić information content (AvgIpc) is 2.33. The van der Waals surface area contributed by atoms with Gasteiger partial charge in [-0.1, -0.05) is 31.5 Å². The highest BCUT2D eigenvalue weighted by Gasteiger charge is 2.08. The van der Waals surface area contributed by atoms with E-state index in [-0.39, 0.29) is 0 Å². The highest BCUT2D eigenvalue weighted by Crippen LogP contribution is 2.28. The molecule has 90 valence electrons. The highest BCUT2D eigenvalue weighted by molar-refractivity contribution is 5.96. The number of nitrogens with two attached hydrogens (primary N) is 1. The minimum Gasteiger partial charge on any atom is -0.396 e. The van der Waals surface area contributed by atoms with Crippen LogP contribution in [0.4, 0.5) is 11.4 Å². The maximum absolute atomic E-state index is 6.01. The molecule has 0 aliphatic heterocycles. The number of aromatic nitrogens is 1. The number of nitrogens with zero attached hydrogens (tertiary/aromatic N) is 1. The van der Waals surface area contributed by atoms with Crippen LogP contribution in [-0.4, -0.2) is 11.0 Å². The molecule has 0 radical (unpaired) electrons. The molecule has 0 fully saturated rings. The number of pyridine rings is 1.